The molecule has 3 aromatic rings. The molecule has 0 aliphatic rings. The van der Waals surface area contributed by atoms with Crippen molar-refractivity contribution in [1.82, 2.24) is 4.98 Å². The smallest absolute Gasteiger partial charge is 0.188 e. The van der Waals surface area contributed by atoms with Gasteiger partial charge in [0.15, 0.2) is 5.78 Å². The third kappa shape index (κ3) is 2.91. The predicted octanol–water partition coefficient (Wildman–Crippen LogP) is 4.41. The van der Waals surface area contributed by atoms with Crippen molar-refractivity contribution in [3.63, 3.8) is 0 Å². The van der Waals surface area contributed by atoms with Crippen LogP contribution >= 0.6 is 0 Å². The predicted molar refractivity (Wildman–Crippen MR) is 81.5 cm³/mol. The van der Waals surface area contributed by atoms with Crippen LogP contribution in [-0.4, -0.2) is 10.8 Å². The number of allylic oxidation sites excluding steroid dienone is 1. The number of carbonyl (C=O) groups excluding carboxylic acids is 1. The monoisotopic (exact) mass is 295 g/mol. The van der Waals surface area contributed by atoms with Gasteiger partial charge in [0, 0.05) is 11.6 Å². The fraction of sp³-hybridized carbons (Fsp3) is 0. The molecule has 22 heavy (non-hydrogen) atoms. The number of benzene rings is 2. The van der Waals surface area contributed by atoms with E-state index in [2.05, 4.69) is 4.98 Å². The van der Waals surface area contributed by atoms with Crippen LogP contribution in [0.5, 0.6) is 0 Å². The van der Waals surface area contributed by atoms with E-state index in [1.165, 1.54) is 12.2 Å². The summed E-state index contributed by atoms with van der Waals surface area (Å²) in [6.45, 7) is 0. The Balaban J connectivity index is 1.88. The molecule has 4 heteroatoms. The van der Waals surface area contributed by atoms with Crippen LogP contribution in [0.3, 0.4) is 0 Å². The summed E-state index contributed by atoms with van der Waals surface area (Å²) in [5.41, 5.74) is 1.27. The molecule has 0 amide bonds. The van der Waals surface area contributed by atoms with Crippen LogP contribution in [0, 0.1) is 11.6 Å². The summed E-state index contributed by atoms with van der Waals surface area (Å²) in [6, 6.07) is 12.3. The van der Waals surface area contributed by atoms with Crippen LogP contribution in [0.1, 0.15) is 15.9 Å². The second-order valence-corrected chi connectivity index (χ2v) is 4.78. The van der Waals surface area contributed by atoms with Crippen molar-refractivity contribution in [3.8, 4) is 0 Å². The van der Waals surface area contributed by atoms with Gasteiger partial charge in [-0.1, -0.05) is 18.2 Å². The van der Waals surface area contributed by atoms with E-state index in [-0.39, 0.29) is 5.56 Å². The zero-order valence-corrected chi connectivity index (χ0v) is 11.5. The molecule has 0 saturated heterocycles. The lowest BCUT2D eigenvalue weighted by atomic mass is 10.1. The first-order valence-corrected chi connectivity index (χ1v) is 6.66. The summed E-state index contributed by atoms with van der Waals surface area (Å²) >= 11 is 0. The minimum absolute atomic E-state index is 0.287. The SMILES string of the molecule is O=C(C=Cc1cnc2ccccc2c1)c1cc(F)ccc1F. The topological polar surface area (TPSA) is 30.0 Å². The minimum atomic E-state index is -0.743. The van der Waals surface area contributed by atoms with E-state index >= 15 is 0 Å². The highest BCUT2D eigenvalue weighted by atomic mass is 19.1. The number of hydrogen-bond acceptors (Lipinski definition) is 2. The summed E-state index contributed by atoms with van der Waals surface area (Å²) in [4.78, 5) is 16.2. The zero-order valence-electron chi connectivity index (χ0n) is 11.5. The zero-order chi connectivity index (χ0) is 15.5. The molecule has 0 saturated carbocycles. The van der Waals surface area contributed by atoms with Gasteiger partial charge in [-0.25, -0.2) is 8.78 Å². The average Bonchev–Trinajstić information content (AvgIpc) is 2.54. The van der Waals surface area contributed by atoms with Gasteiger partial charge in [0.2, 0.25) is 0 Å². The second-order valence-electron chi connectivity index (χ2n) is 4.78. The van der Waals surface area contributed by atoms with E-state index in [4.69, 9.17) is 0 Å². The normalized spacial score (nSPS) is 11.2. The molecule has 0 aliphatic carbocycles. The summed E-state index contributed by atoms with van der Waals surface area (Å²) in [5.74, 6) is -1.98. The molecule has 3 rings (SSSR count). The van der Waals surface area contributed by atoms with Crippen LogP contribution in [0.15, 0.2) is 60.8 Å². The molecule has 1 heterocycles. The first-order chi connectivity index (χ1) is 10.6. The number of carbonyl (C=O) groups is 1. The number of hydrogen-bond donors (Lipinski definition) is 0. The Morgan fingerprint density at radius 2 is 1.86 bits per heavy atom. The molecule has 0 aliphatic heterocycles. The minimum Gasteiger partial charge on any atom is -0.289 e. The lowest BCUT2D eigenvalue weighted by Crippen LogP contribution is -1.99. The average molecular weight is 295 g/mol. The van der Waals surface area contributed by atoms with Crippen molar-refractivity contribution < 1.29 is 13.6 Å². The third-order valence-electron chi connectivity index (χ3n) is 3.23. The first-order valence-electron chi connectivity index (χ1n) is 6.66. The van der Waals surface area contributed by atoms with E-state index in [9.17, 15) is 13.6 Å². The maximum absolute atomic E-state index is 13.5. The van der Waals surface area contributed by atoms with Crippen LogP contribution < -0.4 is 0 Å². The Labute approximate surface area is 125 Å². The molecule has 2 aromatic carbocycles. The molecule has 2 nitrogen and oxygen atoms in total. The van der Waals surface area contributed by atoms with Gasteiger partial charge in [-0.2, -0.15) is 0 Å². The highest BCUT2D eigenvalue weighted by Crippen LogP contribution is 2.15. The van der Waals surface area contributed by atoms with E-state index < -0.39 is 17.4 Å². The number of rotatable bonds is 3. The molecule has 0 N–H and O–H groups in total. The van der Waals surface area contributed by atoms with E-state index in [1.807, 2.05) is 30.3 Å². The number of para-hydroxylation sites is 1. The quantitative estimate of drug-likeness (QED) is 0.529. The highest BCUT2D eigenvalue weighted by molar-refractivity contribution is 6.07. The summed E-state index contributed by atoms with van der Waals surface area (Å²) in [6.07, 6.45) is 4.36. The van der Waals surface area contributed by atoms with E-state index in [0.717, 1.165) is 29.1 Å². The lowest BCUT2D eigenvalue weighted by molar-refractivity contribution is 0.104. The van der Waals surface area contributed by atoms with Crippen molar-refractivity contribution in [2.45, 2.75) is 0 Å². The highest BCUT2D eigenvalue weighted by Gasteiger charge is 2.10. The summed E-state index contributed by atoms with van der Waals surface area (Å²) < 4.78 is 26.6. The van der Waals surface area contributed by atoms with Gasteiger partial charge in [0.05, 0.1) is 11.1 Å². The standard InChI is InChI=1S/C18H11F2NO/c19-14-6-7-16(20)15(10-14)18(22)8-5-12-9-13-3-1-2-4-17(13)21-11-12/h1-11H. The Morgan fingerprint density at radius 3 is 2.73 bits per heavy atom. The molecule has 108 valence electrons. The first kappa shape index (κ1) is 14.1. The fourth-order valence-electron chi connectivity index (χ4n) is 2.13. The van der Waals surface area contributed by atoms with E-state index in [0.29, 0.717) is 5.56 Å². The Morgan fingerprint density at radius 1 is 1.05 bits per heavy atom. The molecule has 0 unspecified atom stereocenters. The van der Waals surface area contributed by atoms with Gasteiger partial charge in [0.25, 0.3) is 0 Å². The van der Waals surface area contributed by atoms with Gasteiger partial charge < -0.3 is 0 Å². The number of nitrogens with zero attached hydrogens (tertiary/aromatic N) is 1. The van der Waals surface area contributed by atoms with Crippen molar-refractivity contribution in [1.29, 1.82) is 0 Å². The fourth-order valence-corrected chi connectivity index (χ4v) is 2.13. The van der Waals surface area contributed by atoms with Crippen molar-refractivity contribution >= 4 is 22.8 Å². The van der Waals surface area contributed by atoms with Crippen molar-refractivity contribution in [2.75, 3.05) is 0 Å². The van der Waals surface area contributed by atoms with Crippen LogP contribution in [0.25, 0.3) is 17.0 Å². The van der Waals surface area contributed by atoms with Crippen LogP contribution in [0.2, 0.25) is 0 Å². The second kappa shape index (κ2) is 5.85. The Kier molecular flexibility index (Phi) is 3.74. The molecule has 0 fully saturated rings. The van der Waals surface area contributed by atoms with Crippen LogP contribution in [-0.2, 0) is 0 Å². The molecular formula is C18H11F2NO. The van der Waals surface area contributed by atoms with Crippen molar-refractivity contribution in [2.24, 2.45) is 0 Å². The van der Waals surface area contributed by atoms with Crippen molar-refractivity contribution in [3.05, 3.63) is 83.6 Å². The maximum atomic E-state index is 13.5. The molecule has 0 bridgehead atoms. The van der Waals surface area contributed by atoms with Gasteiger partial charge in [-0.05, 0) is 48.0 Å². The number of ketones is 1. The summed E-state index contributed by atoms with van der Waals surface area (Å²) in [7, 11) is 0. The number of fused-ring (bicyclic) bond motifs is 1. The number of aromatic nitrogens is 1. The van der Waals surface area contributed by atoms with Gasteiger partial charge >= 0.3 is 0 Å². The van der Waals surface area contributed by atoms with E-state index in [1.54, 1.807) is 6.20 Å². The lowest BCUT2D eigenvalue weighted by Gasteiger charge is -2.00. The molecule has 0 radical (unpaired) electrons. The molecular weight excluding hydrogens is 284 g/mol. The van der Waals surface area contributed by atoms with Gasteiger partial charge in [-0.15, -0.1) is 0 Å². The van der Waals surface area contributed by atoms with Crippen LogP contribution in [0.4, 0.5) is 8.78 Å². The molecule has 1 aromatic heterocycles. The largest absolute Gasteiger partial charge is 0.289 e. The summed E-state index contributed by atoms with van der Waals surface area (Å²) in [5, 5.41) is 0.939. The Bertz CT molecular complexity index is 887. The Hall–Kier alpha value is -2.88. The molecule has 0 atom stereocenters. The molecule has 0 spiro atoms. The number of halogens is 2. The van der Waals surface area contributed by atoms with Gasteiger partial charge in [0.1, 0.15) is 11.6 Å². The van der Waals surface area contributed by atoms with Gasteiger partial charge in [-0.3, -0.25) is 9.78 Å². The third-order valence-corrected chi connectivity index (χ3v) is 3.23. The maximum Gasteiger partial charge on any atom is 0.188 e. The number of pyridine rings is 1.